The van der Waals surface area contributed by atoms with Gasteiger partial charge >= 0.3 is 5.97 Å². The van der Waals surface area contributed by atoms with Gasteiger partial charge in [0.2, 0.25) is 0 Å². The van der Waals surface area contributed by atoms with Gasteiger partial charge in [0.25, 0.3) is 0 Å². The Morgan fingerprint density at radius 2 is 1.88 bits per heavy atom. The topological polar surface area (TPSA) is 76.0 Å². The quantitative estimate of drug-likeness (QED) is 0.709. The SMILES string of the molecule is CC(=O)O[C@@H]1[C@H](O)[C@H](O)[C@H]2[C@@H]3CCc4cc(OCc5ccccc5)ccc4[C@H]3CC[C@@]21C. The molecule has 170 valence electrons. The minimum atomic E-state index is -1.03. The normalized spacial score (nSPS) is 35.4. The monoisotopic (exact) mass is 436 g/mol. The van der Waals surface area contributed by atoms with E-state index in [4.69, 9.17) is 9.47 Å². The first-order valence-corrected chi connectivity index (χ1v) is 11.7. The van der Waals surface area contributed by atoms with E-state index >= 15 is 0 Å². The van der Waals surface area contributed by atoms with E-state index < -0.39 is 29.7 Å². The van der Waals surface area contributed by atoms with Crippen LogP contribution < -0.4 is 4.74 Å². The highest BCUT2D eigenvalue weighted by Crippen LogP contribution is 2.61. The third-order valence-corrected chi connectivity index (χ3v) is 8.21. The van der Waals surface area contributed by atoms with Gasteiger partial charge < -0.3 is 19.7 Å². The van der Waals surface area contributed by atoms with Crippen molar-refractivity contribution < 1.29 is 24.5 Å². The summed E-state index contributed by atoms with van der Waals surface area (Å²) in [6.45, 7) is 4.00. The zero-order valence-corrected chi connectivity index (χ0v) is 18.7. The maximum atomic E-state index is 11.7. The Morgan fingerprint density at radius 3 is 2.62 bits per heavy atom. The molecule has 2 fully saturated rings. The first kappa shape index (κ1) is 21.5. The van der Waals surface area contributed by atoms with Crippen LogP contribution in [0.4, 0.5) is 0 Å². The number of rotatable bonds is 4. The van der Waals surface area contributed by atoms with E-state index in [-0.39, 0.29) is 11.8 Å². The molecule has 5 nitrogen and oxygen atoms in total. The predicted octanol–water partition coefficient (Wildman–Crippen LogP) is 4.00. The molecule has 3 aliphatic carbocycles. The molecular weight excluding hydrogens is 404 g/mol. The molecular formula is C27H32O5. The summed E-state index contributed by atoms with van der Waals surface area (Å²) in [5, 5.41) is 21.7. The molecule has 0 aliphatic heterocycles. The van der Waals surface area contributed by atoms with Gasteiger partial charge in [0, 0.05) is 12.3 Å². The number of fused-ring (bicyclic) bond motifs is 5. The molecule has 32 heavy (non-hydrogen) atoms. The van der Waals surface area contributed by atoms with Crippen LogP contribution in [-0.2, 0) is 22.6 Å². The van der Waals surface area contributed by atoms with Crippen LogP contribution >= 0.6 is 0 Å². The minimum Gasteiger partial charge on any atom is -0.489 e. The summed E-state index contributed by atoms with van der Waals surface area (Å²) >= 11 is 0. The van der Waals surface area contributed by atoms with Gasteiger partial charge in [-0.05, 0) is 72.3 Å². The summed E-state index contributed by atoms with van der Waals surface area (Å²) in [6, 6.07) is 16.6. The number of carbonyl (C=O) groups is 1. The highest BCUT2D eigenvalue weighted by Gasteiger charge is 2.64. The molecule has 5 heteroatoms. The van der Waals surface area contributed by atoms with Crippen LogP contribution in [0.25, 0.3) is 0 Å². The zero-order chi connectivity index (χ0) is 22.5. The molecule has 0 aromatic heterocycles. The maximum absolute atomic E-state index is 11.7. The van der Waals surface area contributed by atoms with Gasteiger partial charge in [0.1, 0.15) is 24.6 Å². The first-order valence-electron chi connectivity index (χ1n) is 11.7. The van der Waals surface area contributed by atoms with Crippen molar-refractivity contribution in [2.45, 2.75) is 70.4 Å². The van der Waals surface area contributed by atoms with Crippen molar-refractivity contribution in [3.8, 4) is 5.75 Å². The summed E-state index contributed by atoms with van der Waals surface area (Å²) in [4.78, 5) is 11.7. The van der Waals surface area contributed by atoms with E-state index in [2.05, 4.69) is 37.3 Å². The fraction of sp³-hybridized carbons (Fsp3) is 0.519. The van der Waals surface area contributed by atoms with E-state index in [0.29, 0.717) is 12.5 Å². The van der Waals surface area contributed by atoms with Crippen molar-refractivity contribution in [2.75, 3.05) is 0 Å². The number of hydrogen-bond donors (Lipinski definition) is 2. The molecule has 0 heterocycles. The molecule has 0 amide bonds. The van der Waals surface area contributed by atoms with Gasteiger partial charge in [-0.15, -0.1) is 0 Å². The Labute approximate surface area is 189 Å². The molecule has 0 spiro atoms. The lowest BCUT2D eigenvalue weighted by atomic mass is 9.55. The van der Waals surface area contributed by atoms with Gasteiger partial charge in [-0.3, -0.25) is 4.79 Å². The molecule has 0 radical (unpaired) electrons. The molecule has 2 aromatic rings. The van der Waals surface area contributed by atoms with Crippen molar-refractivity contribution in [1.82, 2.24) is 0 Å². The van der Waals surface area contributed by atoms with Gasteiger partial charge in [0.05, 0.1) is 6.10 Å². The van der Waals surface area contributed by atoms with Crippen molar-refractivity contribution in [1.29, 1.82) is 0 Å². The Morgan fingerprint density at radius 1 is 1.09 bits per heavy atom. The van der Waals surface area contributed by atoms with E-state index in [1.54, 1.807) is 0 Å². The average Bonchev–Trinajstić information content (AvgIpc) is 2.98. The lowest BCUT2D eigenvalue weighted by Crippen LogP contribution is -2.47. The summed E-state index contributed by atoms with van der Waals surface area (Å²) in [6.07, 6.45) is 1.12. The molecule has 0 unspecified atom stereocenters. The van der Waals surface area contributed by atoms with Crippen LogP contribution in [0.3, 0.4) is 0 Å². The average molecular weight is 437 g/mol. The van der Waals surface area contributed by atoms with Gasteiger partial charge in [-0.25, -0.2) is 0 Å². The van der Waals surface area contributed by atoms with E-state index in [9.17, 15) is 15.0 Å². The van der Waals surface area contributed by atoms with Crippen LogP contribution in [0, 0.1) is 17.3 Å². The standard InChI is InChI=1S/C27H32O5/c1-16(28)32-26-25(30)24(29)23-22-10-8-18-14-19(31-15-17-6-4-3-5-7-17)9-11-20(18)21(22)12-13-27(23,26)2/h3-7,9,11,14,21-26,29-30H,8,10,12-13,15H2,1-2H3/t21-,22-,23-,24-,25-,26-,27+/m1/s1. The smallest absolute Gasteiger partial charge is 0.303 e. The zero-order valence-electron chi connectivity index (χ0n) is 18.7. The van der Waals surface area contributed by atoms with E-state index in [0.717, 1.165) is 37.0 Å². The number of aliphatic hydroxyl groups is 2. The van der Waals surface area contributed by atoms with Crippen LogP contribution in [0.2, 0.25) is 0 Å². The minimum absolute atomic E-state index is 0.0808. The van der Waals surface area contributed by atoms with Crippen molar-refractivity contribution in [3.05, 3.63) is 65.2 Å². The van der Waals surface area contributed by atoms with Crippen LogP contribution in [0.5, 0.6) is 5.75 Å². The Balaban J connectivity index is 1.36. The largest absolute Gasteiger partial charge is 0.489 e. The highest BCUT2D eigenvalue weighted by molar-refractivity contribution is 5.66. The lowest BCUT2D eigenvalue weighted by molar-refractivity contribution is -0.161. The number of benzene rings is 2. The molecule has 2 aromatic carbocycles. The summed E-state index contributed by atoms with van der Waals surface area (Å²) in [7, 11) is 0. The fourth-order valence-corrected chi connectivity index (χ4v) is 6.81. The predicted molar refractivity (Wildman–Crippen MR) is 120 cm³/mol. The number of carbonyl (C=O) groups excluding carboxylic acids is 1. The molecule has 0 bridgehead atoms. The third-order valence-electron chi connectivity index (χ3n) is 8.21. The number of hydrogen-bond acceptors (Lipinski definition) is 5. The van der Waals surface area contributed by atoms with Crippen LogP contribution in [0.1, 0.15) is 55.7 Å². The number of esters is 1. The van der Waals surface area contributed by atoms with Gasteiger partial charge in [-0.1, -0.05) is 43.3 Å². The Kier molecular flexibility index (Phi) is 5.50. The first-order chi connectivity index (χ1) is 15.4. The van der Waals surface area contributed by atoms with Gasteiger partial charge in [-0.2, -0.15) is 0 Å². The van der Waals surface area contributed by atoms with Gasteiger partial charge in [0.15, 0.2) is 0 Å². The molecule has 2 saturated carbocycles. The fourth-order valence-electron chi connectivity index (χ4n) is 6.81. The highest BCUT2D eigenvalue weighted by atomic mass is 16.6. The Bertz CT molecular complexity index is 989. The summed E-state index contributed by atoms with van der Waals surface area (Å²) in [5.41, 5.74) is 3.41. The maximum Gasteiger partial charge on any atom is 0.303 e. The Hall–Kier alpha value is -2.37. The molecule has 7 atom stereocenters. The third kappa shape index (κ3) is 3.52. The number of aryl methyl sites for hydroxylation is 1. The summed E-state index contributed by atoms with van der Waals surface area (Å²) < 4.78 is 11.6. The van der Waals surface area contributed by atoms with E-state index in [1.807, 2.05) is 18.2 Å². The second-order valence-corrected chi connectivity index (χ2v) is 10.0. The number of aliphatic hydroxyl groups excluding tert-OH is 2. The molecule has 3 aliphatic rings. The molecule has 0 saturated heterocycles. The van der Waals surface area contributed by atoms with Crippen molar-refractivity contribution in [2.24, 2.45) is 17.3 Å². The van der Waals surface area contributed by atoms with Crippen LogP contribution in [-0.4, -0.2) is 34.5 Å². The van der Waals surface area contributed by atoms with Crippen molar-refractivity contribution >= 4 is 5.97 Å². The van der Waals surface area contributed by atoms with Crippen LogP contribution in [0.15, 0.2) is 48.5 Å². The lowest BCUT2D eigenvalue weighted by Gasteiger charge is -2.50. The number of ether oxygens (including phenoxy) is 2. The second-order valence-electron chi connectivity index (χ2n) is 10.0. The molecule has 5 rings (SSSR count). The molecule has 2 N–H and O–H groups in total. The van der Waals surface area contributed by atoms with E-state index in [1.165, 1.54) is 18.1 Å². The summed E-state index contributed by atoms with van der Waals surface area (Å²) in [5.74, 6) is 1.02. The van der Waals surface area contributed by atoms with Crippen molar-refractivity contribution in [3.63, 3.8) is 0 Å². The second kappa shape index (κ2) is 8.20.